The highest BCUT2D eigenvalue weighted by atomic mass is 16.5. The number of hydrogen-bond donors (Lipinski definition) is 1. The predicted molar refractivity (Wildman–Crippen MR) is 98.0 cm³/mol. The Balaban J connectivity index is 1.60. The van der Waals surface area contributed by atoms with E-state index in [9.17, 15) is 14.7 Å². The smallest absolute Gasteiger partial charge is 0.315 e. The number of carboxylic acid groups (broad SMARTS) is 1. The number of carbonyl (C=O) groups is 2. The maximum Gasteiger partial charge on any atom is 0.315 e. The monoisotopic (exact) mass is 346 g/mol. The van der Waals surface area contributed by atoms with E-state index in [-0.39, 0.29) is 11.9 Å². The molecular weight excluding hydrogens is 328 g/mol. The van der Waals surface area contributed by atoms with Gasteiger partial charge >= 0.3 is 11.9 Å². The second-order valence-corrected chi connectivity index (χ2v) is 6.62. The maximum absolute atomic E-state index is 12.8. The third kappa shape index (κ3) is 2.84. The molecule has 1 saturated carbocycles. The number of carbonyl (C=O) groups excluding carboxylic acids is 1. The van der Waals surface area contributed by atoms with E-state index in [4.69, 9.17) is 4.74 Å². The third-order valence-corrected chi connectivity index (χ3v) is 5.14. The standard InChI is InChI=1S/C22H18O4/c23-21(24)17-13-18(20(17)15-8-2-1-3-9-15)22(25)26-19-12-6-10-14-7-4-5-11-16(14)19/h1-12,17-18,20H,13H2,(H,23,24)/t17-,18-,20-/m1/s1. The summed E-state index contributed by atoms with van der Waals surface area (Å²) in [6, 6.07) is 22.6. The summed E-state index contributed by atoms with van der Waals surface area (Å²) in [6.45, 7) is 0. The van der Waals surface area contributed by atoms with Gasteiger partial charge in [-0.15, -0.1) is 0 Å². The van der Waals surface area contributed by atoms with Gasteiger partial charge in [0.1, 0.15) is 5.75 Å². The van der Waals surface area contributed by atoms with Crippen LogP contribution >= 0.6 is 0 Å². The molecule has 1 N–H and O–H groups in total. The van der Waals surface area contributed by atoms with Crippen molar-refractivity contribution in [2.45, 2.75) is 12.3 Å². The van der Waals surface area contributed by atoms with Gasteiger partial charge < -0.3 is 9.84 Å². The molecule has 4 rings (SSSR count). The molecule has 0 bridgehead atoms. The van der Waals surface area contributed by atoms with E-state index in [0.717, 1.165) is 16.3 Å². The average Bonchev–Trinajstić information content (AvgIpc) is 2.62. The molecule has 0 amide bonds. The number of benzene rings is 3. The molecule has 1 aliphatic carbocycles. The van der Waals surface area contributed by atoms with Crippen molar-refractivity contribution in [3.05, 3.63) is 78.4 Å². The maximum atomic E-state index is 12.8. The van der Waals surface area contributed by atoms with Crippen LogP contribution in [0.2, 0.25) is 0 Å². The fourth-order valence-electron chi connectivity index (χ4n) is 3.76. The number of rotatable bonds is 4. The van der Waals surface area contributed by atoms with Crippen molar-refractivity contribution in [3.8, 4) is 5.75 Å². The van der Waals surface area contributed by atoms with Crippen LogP contribution in [0.4, 0.5) is 0 Å². The van der Waals surface area contributed by atoms with Crippen LogP contribution in [-0.4, -0.2) is 17.0 Å². The van der Waals surface area contributed by atoms with E-state index in [0.29, 0.717) is 12.2 Å². The van der Waals surface area contributed by atoms with Crippen LogP contribution in [0, 0.1) is 11.8 Å². The Bertz CT molecular complexity index is 959. The van der Waals surface area contributed by atoms with Crippen molar-refractivity contribution in [2.75, 3.05) is 0 Å². The zero-order valence-corrected chi connectivity index (χ0v) is 14.0. The first kappa shape index (κ1) is 16.3. The Morgan fingerprint density at radius 1 is 0.846 bits per heavy atom. The van der Waals surface area contributed by atoms with E-state index in [1.54, 1.807) is 6.07 Å². The zero-order chi connectivity index (χ0) is 18.1. The largest absolute Gasteiger partial charge is 0.481 e. The molecule has 1 fully saturated rings. The molecule has 3 aromatic carbocycles. The normalized spacial score (nSPS) is 21.8. The van der Waals surface area contributed by atoms with Gasteiger partial charge in [-0.2, -0.15) is 0 Å². The highest BCUT2D eigenvalue weighted by Crippen LogP contribution is 2.48. The van der Waals surface area contributed by atoms with Gasteiger partial charge in [0.15, 0.2) is 0 Å². The molecular formula is C22H18O4. The quantitative estimate of drug-likeness (QED) is 0.567. The van der Waals surface area contributed by atoms with Crippen molar-refractivity contribution >= 4 is 22.7 Å². The van der Waals surface area contributed by atoms with Crippen molar-refractivity contribution in [1.82, 2.24) is 0 Å². The van der Waals surface area contributed by atoms with Gasteiger partial charge in [0.05, 0.1) is 11.8 Å². The minimum atomic E-state index is -0.868. The van der Waals surface area contributed by atoms with Crippen molar-refractivity contribution in [1.29, 1.82) is 0 Å². The van der Waals surface area contributed by atoms with Gasteiger partial charge in [0.25, 0.3) is 0 Å². The average molecular weight is 346 g/mol. The number of aliphatic carboxylic acids is 1. The first-order chi connectivity index (χ1) is 12.6. The van der Waals surface area contributed by atoms with E-state index < -0.39 is 17.8 Å². The molecule has 0 radical (unpaired) electrons. The summed E-state index contributed by atoms with van der Waals surface area (Å²) in [7, 11) is 0. The van der Waals surface area contributed by atoms with Crippen LogP contribution in [0.1, 0.15) is 17.9 Å². The van der Waals surface area contributed by atoms with Crippen LogP contribution < -0.4 is 4.74 Å². The Morgan fingerprint density at radius 3 is 2.31 bits per heavy atom. The Hall–Kier alpha value is -3.14. The second kappa shape index (κ2) is 6.64. The predicted octanol–water partition coefficient (Wildman–Crippen LogP) is 4.25. The lowest BCUT2D eigenvalue weighted by Crippen LogP contribution is -2.45. The molecule has 0 unspecified atom stereocenters. The lowest BCUT2D eigenvalue weighted by Gasteiger charge is -2.40. The highest BCUT2D eigenvalue weighted by molar-refractivity contribution is 5.91. The SMILES string of the molecule is O=C(O)[C@@H]1C[C@@H](C(=O)Oc2cccc3ccccc23)[C@@H]1c1ccccc1. The fourth-order valence-corrected chi connectivity index (χ4v) is 3.76. The first-order valence-electron chi connectivity index (χ1n) is 8.62. The third-order valence-electron chi connectivity index (χ3n) is 5.14. The van der Waals surface area contributed by atoms with Crippen LogP contribution in [0.25, 0.3) is 10.8 Å². The Kier molecular flexibility index (Phi) is 4.17. The molecule has 4 heteroatoms. The van der Waals surface area contributed by atoms with Gasteiger partial charge in [-0.05, 0) is 23.4 Å². The zero-order valence-electron chi connectivity index (χ0n) is 14.0. The van der Waals surface area contributed by atoms with E-state index >= 15 is 0 Å². The fraction of sp³-hybridized carbons (Fsp3) is 0.182. The van der Waals surface area contributed by atoms with Crippen LogP contribution in [-0.2, 0) is 9.59 Å². The molecule has 4 nitrogen and oxygen atoms in total. The molecule has 1 aliphatic rings. The Morgan fingerprint density at radius 2 is 1.54 bits per heavy atom. The topological polar surface area (TPSA) is 63.6 Å². The molecule has 0 heterocycles. The number of esters is 1. The highest BCUT2D eigenvalue weighted by Gasteiger charge is 2.50. The van der Waals surface area contributed by atoms with Gasteiger partial charge in [0, 0.05) is 11.3 Å². The van der Waals surface area contributed by atoms with Crippen LogP contribution in [0.3, 0.4) is 0 Å². The summed E-state index contributed by atoms with van der Waals surface area (Å²) in [5.74, 6) is -2.07. The summed E-state index contributed by atoms with van der Waals surface area (Å²) in [5.41, 5.74) is 0.867. The molecule has 0 aromatic heterocycles. The summed E-state index contributed by atoms with van der Waals surface area (Å²) in [4.78, 5) is 24.3. The molecule has 0 aliphatic heterocycles. The van der Waals surface area contributed by atoms with Gasteiger partial charge in [-0.25, -0.2) is 0 Å². The van der Waals surface area contributed by atoms with Gasteiger partial charge in [-0.3, -0.25) is 9.59 Å². The van der Waals surface area contributed by atoms with Crippen LogP contribution in [0.15, 0.2) is 72.8 Å². The second-order valence-electron chi connectivity index (χ2n) is 6.62. The minimum absolute atomic E-state index is 0.304. The molecule has 130 valence electrons. The molecule has 3 atom stereocenters. The van der Waals surface area contributed by atoms with E-state index in [1.165, 1.54) is 0 Å². The molecule has 26 heavy (non-hydrogen) atoms. The number of ether oxygens (including phenoxy) is 1. The van der Waals surface area contributed by atoms with Crippen molar-refractivity contribution < 1.29 is 19.4 Å². The number of hydrogen-bond acceptors (Lipinski definition) is 3. The van der Waals surface area contributed by atoms with Crippen LogP contribution in [0.5, 0.6) is 5.75 Å². The first-order valence-corrected chi connectivity index (χ1v) is 8.62. The molecule has 0 saturated heterocycles. The Labute approximate surface area is 151 Å². The minimum Gasteiger partial charge on any atom is -0.481 e. The van der Waals surface area contributed by atoms with Crippen molar-refractivity contribution in [2.24, 2.45) is 11.8 Å². The molecule has 0 spiro atoms. The van der Waals surface area contributed by atoms with E-state index in [2.05, 4.69) is 0 Å². The van der Waals surface area contributed by atoms with E-state index in [1.807, 2.05) is 66.7 Å². The summed E-state index contributed by atoms with van der Waals surface area (Å²) < 4.78 is 5.68. The lowest BCUT2D eigenvalue weighted by molar-refractivity contribution is -0.155. The number of carboxylic acids is 1. The van der Waals surface area contributed by atoms with Gasteiger partial charge in [-0.1, -0.05) is 66.7 Å². The van der Waals surface area contributed by atoms with Crippen molar-refractivity contribution in [3.63, 3.8) is 0 Å². The number of fused-ring (bicyclic) bond motifs is 1. The summed E-state index contributed by atoms with van der Waals surface area (Å²) >= 11 is 0. The summed E-state index contributed by atoms with van der Waals surface area (Å²) in [5, 5.41) is 11.3. The van der Waals surface area contributed by atoms with Gasteiger partial charge in [0.2, 0.25) is 0 Å². The lowest BCUT2D eigenvalue weighted by atomic mass is 9.62. The summed E-state index contributed by atoms with van der Waals surface area (Å²) in [6.07, 6.45) is 0.304. The molecule has 3 aromatic rings.